The summed E-state index contributed by atoms with van der Waals surface area (Å²) in [7, 11) is 5.14. The van der Waals surface area contributed by atoms with Gasteiger partial charge in [-0.2, -0.15) is 0 Å². The zero-order valence-corrected chi connectivity index (χ0v) is 23.6. The van der Waals surface area contributed by atoms with Gasteiger partial charge in [-0.15, -0.1) is 0 Å². The average molecular weight is 486 g/mol. The molecule has 0 fully saturated rings. The summed E-state index contributed by atoms with van der Waals surface area (Å²) < 4.78 is 19.0. The van der Waals surface area contributed by atoms with E-state index in [0.717, 1.165) is 0 Å². The van der Waals surface area contributed by atoms with E-state index < -0.39 is 20.2 Å². The van der Waals surface area contributed by atoms with Crippen LogP contribution in [0.3, 0.4) is 0 Å². The molecule has 0 rings (SSSR count). The molecular formula is C21H53N6O3Ti. The summed E-state index contributed by atoms with van der Waals surface area (Å²) in [6.45, 7) is 18.7. The van der Waals surface area contributed by atoms with Crippen molar-refractivity contribution >= 4 is 0 Å². The molecule has 0 heterocycles. The van der Waals surface area contributed by atoms with Gasteiger partial charge in [0, 0.05) is 0 Å². The minimum atomic E-state index is -4.84. The Morgan fingerprint density at radius 2 is 0.935 bits per heavy atom. The van der Waals surface area contributed by atoms with Crippen molar-refractivity contribution in [1.29, 1.82) is 0 Å². The topological polar surface area (TPSA) is 142 Å². The van der Waals surface area contributed by atoms with Gasteiger partial charge in [-0.05, 0) is 0 Å². The summed E-state index contributed by atoms with van der Waals surface area (Å²) in [6.07, 6.45) is -0.652. The molecule has 0 bridgehead atoms. The molecular weight excluding hydrogens is 432 g/mol. The van der Waals surface area contributed by atoms with Crippen LogP contribution in [0, 0.1) is 5.92 Å². The van der Waals surface area contributed by atoms with E-state index in [0.29, 0.717) is 0 Å². The van der Waals surface area contributed by atoms with Gasteiger partial charge >= 0.3 is 194 Å². The van der Waals surface area contributed by atoms with Gasteiger partial charge < -0.3 is 0 Å². The predicted octanol–water partition coefficient (Wildman–Crippen LogP) is 1.83. The molecule has 0 spiro atoms. The monoisotopic (exact) mass is 485 g/mol. The third kappa shape index (κ3) is 5.54. The van der Waals surface area contributed by atoms with Crippen LogP contribution < -0.4 is 33.2 Å². The Labute approximate surface area is 193 Å². The Morgan fingerprint density at radius 3 is 1.16 bits per heavy atom. The van der Waals surface area contributed by atoms with Crippen LogP contribution in [0.15, 0.2) is 0 Å². The van der Waals surface area contributed by atoms with Crippen LogP contribution in [-0.2, 0) is 26.4 Å². The molecule has 0 aromatic rings. The van der Waals surface area contributed by atoms with E-state index in [9.17, 15) is 0 Å². The average Bonchev–Trinajstić information content (AvgIpc) is 2.64. The first-order valence-corrected chi connectivity index (χ1v) is 15.1. The molecule has 0 aromatic heterocycles. The fraction of sp³-hybridized carbons (Fsp3) is 1.00. The molecule has 31 heavy (non-hydrogen) atoms. The van der Waals surface area contributed by atoms with Gasteiger partial charge in [-0.25, -0.2) is 0 Å². The molecule has 0 saturated carbocycles. The molecule has 9 N–H and O–H groups in total. The summed E-state index contributed by atoms with van der Waals surface area (Å²) in [5, 5.41) is 10.6. The number of hydrogen-bond donors (Lipinski definition) is 6. The molecule has 7 atom stereocenters. The first-order valence-electron chi connectivity index (χ1n) is 11.5. The van der Waals surface area contributed by atoms with Crippen molar-refractivity contribution in [3.8, 4) is 0 Å². The fourth-order valence-corrected chi connectivity index (χ4v) is 17.0. The van der Waals surface area contributed by atoms with E-state index >= 15 is 0 Å². The Kier molecular flexibility index (Phi) is 12.3. The van der Waals surface area contributed by atoms with Gasteiger partial charge in [0.15, 0.2) is 0 Å². The summed E-state index contributed by atoms with van der Waals surface area (Å²) in [5.41, 5.74) is 18.6. The summed E-state index contributed by atoms with van der Waals surface area (Å²) >= 11 is -4.84. The van der Waals surface area contributed by atoms with Crippen molar-refractivity contribution in [1.82, 2.24) is 16.0 Å². The van der Waals surface area contributed by atoms with Gasteiger partial charge in [0.1, 0.15) is 0 Å². The summed E-state index contributed by atoms with van der Waals surface area (Å²) in [5.74, 6) is 0.000231. The van der Waals surface area contributed by atoms with Crippen LogP contribution in [0.2, 0.25) is 7.94 Å². The van der Waals surface area contributed by atoms with Crippen LogP contribution in [0.1, 0.15) is 62.3 Å². The van der Waals surface area contributed by atoms with Gasteiger partial charge in [0.05, 0.1) is 0 Å². The van der Waals surface area contributed by atoms with E-state index in [4.69, 9.17) is 27.2 Å². The third-order valence-corrected chi connectivity index (χ3v) is 18.7. The summed E-state index contributed by atoms with van der Waals surface area (Å²) in [6, 6.07) is -0.252. The zero-order chi connectivity index (χ0) is 24.8. The van der Waals surface area contributed by atoms with Crippen LogP contribution in [0.25, 0.3) is 0 Å². The zero-order valence-electron chi connectivity index (χ0n) is 22.1. The molecule has 189 valence electrons. The van der Waals surface area contributed by atoms with E-state index in [1.807, 2.05) is 20.8 Å². The number of nitrogens with one attached hydrogen (secondary N) is 3. The maximum atomic E-state index is 6.56. The predicted molar refractivity (Wildman–Crippen MR) is 127 cm³/mol. The fourth-order valence-electron chi connectivity index (χ4n) is 6.38. The van der Waals surface area contributed by atoms with Crippen molar-refractivity contribution in [3.63, 3.8) is 0 Å². The third-order valence-electron chi connectivity index (χ3n) is 7.42. The second-order valence-corrected chi connectivity index (χ2v) is 18.0. The molecule has 0 aliphatic carbocycles. The normalized spacial score (nSPS) is 23.2. The molecule has 9 nitrogen and oxygen atoms in total. The van der Waals surface area contributed by atoms with Crippen molar-refractivity contribution < 1.29 is 26.4 Å². The van der Waals surface area contributed by atoms with E-state index in [1.54, 1.807) is 21.3 Å². The van der Waals surface area contributed by atoms with Gasteiger partial charge in [0.25, 0.3) is 0 Å². The molecule has 0 amide bonds. The van der Waals surface area contributed by atoms with Crippen LogP contribution in [0.4, 0.5) is 0 Å². The Bertz CT molecular complexity index is 504. The molecule has 10 heteroatoms. The van der Waals surface area contributed by atoms with Crippen LogP contribution in [0.5, 0.6) is 0 Å². The molecule has 0 aromatic carbocycles. The minimum absolute atomic E-state index is 0.000231. The van der Waals surface area contributed by atoms with Gasteiger partial charge in [-0.1, -0.05) is 0 Å². The maximum absolute atomic E-state index is 6.56. The van der Waals surface area contributed by atoms with Gasteiger partial charge in [-0.3, -0.25) is 0 Å². The second kappa shape index (κ2) is 12.2. The van der Waals surface area contributed by atoms with Gasteiger partial charge in [0.2, 0.25) is 0 Å². The first kappa shape index (κ1) is 31.4. The van der Waals surface area contributed by atoms with Crippen molar-refractivity contribution in [3.05, 3.63) is 0 Å². The molecule has 0 radical (unpaired) electrons. The Balaban J connectivity index is 7.47. The number of rotatable bonds is 15. The first-order chi connectivity index (χ1) is 14.1. The number of hydrogen-bond acceptors (Lipinski definition) is 9. The molecule has 0 aliphatic heterocycles. The summed E-state index contributed by atoms with van der Waals surface area (Å²) in [4.78, 5) is 0. The van der Waals surface area contributed by atoms with E-state index in [2.05, 4.69) is 57.5 Å². The molecule has 0 saturated heterocycles. The number of nitrogens with two attached hydrogens (primary N) is 3. The van der Waals surface area contributed by atoms with Crippen molar-refractivity contribution in [2.45, 2.75) is 107 Å². The Hall–Kier alpha value is 0.354. The van der Waals surface area contributed by atoms with Crippen molar-refractivity contribution in [2.24, 2.45) is 23.1 Å². The second-order valence-electron chi connectivity index (χ2n) is 9.64. The van der Waals surface area contributed by atoms with E-state index in [-0.39, 0.29) is 46.8 Å². The van der Waals surface area contributed by atoms with Crippen LogP contribution in [-0.4, -0.2) is 58.0 Å². The quantitative estimate of drug-likeness (QED) is 0.151. The Morgan fingerprint density at radius 1 is 0.613 bits per heavy atom. The van der Waals surface area contributed by atoms with E-state index in [1.165, 1.54) is 0 Å². The molecule has 7 unspecified atom stereocenters. The van der Waals surface area contributed by atoms with Crippen molar-refractivity contribution in [2.75, 3.05) is 21.3 Å². The van der Waals surface area contributed by atoms with Crippen LogP contribution >= 0.6 is 0 Å². The molecule has 0 aliphatic rings. The standard InChI is InChI=1S/C15H37N6.C3H7.3CH3O.Ti/c1-8(9(2)19-12(5)16)15(10(3)20-13(6)17)11(4)21-14(7)18;1-3-2;3*1-2;/h8-14,19-21H,16-18H2,1-7H3;3H,1-2H3;3*1H3;/q;;3*-1;+3. The SMILES string of the molecule is C[O][Ti]([O]C)([O]C)([CH](C)C)[C](C(C)NC(C)N)(C(C)NC(C)N)C(C)C(C)NC(C)N.